The normalized spacial score (nSPS) is 17.8. The molecule has 0 saturated carbocycles. The second kappa shape index (κ2) is 7.13. The van der Waals surface area contributed by atoms with E-state index in [1.54, 1.807) is 30.9 Å². The van der Waals surface area contributed by atoms with Crippen molar-refractivity contribution in [3.8, 4) is 0 Å². The molecule has 1 saturated heterocycles. The van der Waals surface area contributed by atoms with E-state index in [4.69, 9.17) is 0 Å². The number of anilines is 1. The maximum atomic E-state index is 12.5. The highest BCUT2D eigenvalue weighted by molar-refractivity contribution is 5.90. The molecule has 1 atom stereocenters. The topological polar surface area (TPSA) is 83.9 Å². The average Bonchev–Trinajstić information content (AvgIpc) is 2.62. The number of carbonyl (C=O) groups is 1. The predicted octanol–water partition coefficient (Wildman–Crippen LogP) is 1.40. The smallest absolute Gasteiger partial charge is 0.291 e. The molecule has 23 heavy (non-hydrogen) atoms. The third-order valence-corrected chi connectivity index (χ3v) is 4.06. The molecular formula is C16H20N6O. The summed E-state index contributed by atoms with van der Waals surface area (Å²) in [5, 5.41) is 3.07. The molecule has 0 spiro atoms. The van der Waals surface area contributed by atoms with Crippen molar-refractivity contribution in [1.82, 2.24) is 24.8 Å². The van der Waals surface area contributed by atoms with Crippen LogP contribution in [0, 0.1) is 5.92 Å². The lowest BCUT2D eigenvalue weighted by atomic mass is 9.93. The molecule has 0 radical (unpaired) electrons. The fraction of sp³-hybridized carbons (Fsp3) is 0.438. The number of amides is 1. The Balaban J connectivity index is 1.68. The number of hydrogen-bond acceptors (Lipinski definition) is 6. The van der Waals surface area contributed by atoms with Gasteiger partial charge in [-0.05, 0) is 31.2 Å². The van der Waals surface area contributed by atoms with Crippen LogP contribution in [0.1, 0.15) is 29.2 Å². The maximum Gasteiger partial charge on any atom is 0.291 e. The number of nitrogens with one attached hydrogen (secondary N) is 1. The van der Waals surface area contributed by atoms with Crippen LogP contribution in [0.4, 0.5) is 5.82 Å². The third kappa shape index (κ3) is 3.61. The van der Waals surface area contributed by atoms with E-state index in [9.17, 15) is 4.79 Å². The molecule has 2 aromatic rings. The largest absolute Gasteiger partial charge is 0.372 e. The molecule has 2 aromatic heterocycles. The summed E-state index contributed by atoms with van der Waals surface area (Å²) in [5.74, 6) is 1.36. The summed E-state index contributed by atoms with van der Waals surface area (Å²) in [5.41, 5.74) is 0.949. The molecule has 0 aromatic carbocycles. The van der Waals surface area contributed by atoms with E-state index in [1.165, 1.54) is 0 Å². The Hall–Kier alpha value is -2.57. The zero-order chi connectivity index (χ0) is 16.1. The maximum absolute atomic E-state index is 12.5. The standard InChI is InChI=1S/C16H20N6O/c1-17-14-13(18-7-8-21-14)10-12-4-2-9-22(11-12)16(23)15-19-5-3-6-20-15/h3,5-8,12H,2,4,9-11H2,1H3,(H,17,21)/t12-/m0/s1. The van der Waals surface area contributed by atoms with Gasteiger partial charge in [0.05, 0.1) is 5.69 Å². The molecular weight excluding hydrogens is 292 g/mol. The lowest BCUT2D eigenvalue weighted by Crippen LogP contribution is -2.41. The lowest BCUT2D eigenvalue weighted by Gasteiger charge is -2.32. The van der Waals surface area contributed by atoms with Crippen LogP contribution < -0.4 is 5.32 Å². The fourth-order valence-corrected chi connectivity index (χ4v) is 2.97. The highest BCUT2D eigenvalue weighted by Crippen LogP contribution is 2.23. The van der Waals surface area contributed by atoms with Crippen LogP contribution in [0.15, 0.2) is 30.9 Å². The number of rotatable bonds is 4. The molecule has 7 heteroatoms. The van der Waals surface area contributed by atoms with Crippen molar-refractivity contribution in [3.63, 3.8) is 0 Å². The minimum atomic E-state index is -0.0942. The van der Waals surface area contributed by atoms with E-state index < -0.39 is 0 Å². The van der Waals surface area contributed by atoms with Gasteiger partial charge in [-0.1, -0.05) is 0 Å². The number of carbonyl (C=O) groups excluding carboxylic acids is 1. The summed E-state index contributed by atoms with van der Waals surface area (Å²) >= 11 is 0. The van der Waals surface area contributed by atoms with Gasteiger partial charge in [0.1, 0.15) is 5.82 Å². The van der Waals surface area contributed by atoms with Gasteiger partial charge < -0.3 is 10.2 Å². The zero-order valence-electron chi connectivity index (χ0n) is 13.1. The molecule has 0 aliphatic carbocycles. The molecule has 1 aliphatic rings. The Morgan fingerprint density at radius 3 is 2.78 bits per heavy atom. The van der Waals surface area contributed by atoms with E-state index in [-0.39, 0.29) is 11.7 Å². The molecule has 3 heterocycles. The number of likely N-dealkylation sites (tertiary alicyclic amines) is 1. The minimum absolute atomic E-state index is 0.0942. The van der Waals surface area contributed by atoms with Crippen molar-refractivity contribution in [2.24, 2.45) is 5.92 Å². The van der Waals surface area contributed by atoms with E-state index >= 15 is 0 Å². The summed E-state index contributed by atoms with van der Waals surface area (Å²) in [7, 11) is 1.84. The summed E-state index contributed by atoms with van der Waals surface area (Å²) < 4.78 is 0. The average molecular weight is 312 g/mol. The Kier molecular flexibility index (Phi) is 4.75. The van der Waals surface area contributed by atoms with Crippen LogP contribution in [0.3, 0.4) is 0 Å². The second-order valence-corrected chi connectivity index (χ2v) is 5.64. The first-order valence-electron chi connectivity index (χ1n) is 7.82. The second-order valence-electron chi connectivity index (χ2n) is 5.64. The Labute approximate surface area is 135 Å². The van der Waals surface area contributed by atoms with Gasteiger partial charge in [-0.25, -0.2) is 15.0 Å². The lowest BCUT2D eigenvalue weighted by molar-refractivity contribution is 0.0660. The molecule has 7 nitrogen and oxygen atoms in total. The quantitative estimate of drug-likeness (QED) is 0.919. The van der Waals surface area contributed by atoms with Crippen LogP contribution in [0.5, 0.6) is 0 Å². The van der Waals surface area contributed by atoms with Crippen LogP contribution in [-0.2, 0) is 6.42 Å². The first kappa shape index (κ1) is 15.3. The van der Waals surface area contributed by atoms with Gasteiger partial charge in [-0.2, -0.15) is 0 Å². The summed E-state index contributed by atoms with van der Waals surface area (Å²) in [4.78, 5) is 31.1. The molecule has 1 fully saturated rings. The Morgan fingerprint density at radius 1 is 1.22 bits per heavy atom. The fourth-order valence-electron chi connectivity index (χ4n) is 2.97. The first-order valence-corrected chi connectivity index (χ1v) is 7.82. The van der Waals surface area contributed by atoms with Gasteiger partial charge >= 0.3 is 0 Å². The van der Waals surface area contributed by atoms with E-state index in [0.29, 0.717) is 12.5 Å². The highest BCUT2D eigenvalue weighted by Gasteiger charge is 2.26. The monoisotopic (exact) mass is 312 g/mol. The number of piperidine rings is 1. The Morgan fingerprint density at radius 2 is 2.00 bits per heavy atom. The minimum Gasteiger partial charge on any atom is -0.372 e. The van der Waals surface area contributed by atoms with Crippen molar-refractivity contribution in [2.45, 2.75) is 19.3 Å². The molecule has 1 N–H and O–H groups in total. The third-order valence-electron chi connectivity index (χ3n) is 4.06. The van der Waals surface area contributed by atoms with Gasteiger partial charge in [0, 0.05) is 44.9 Å². The summed E-state index contributed by atoms with van der Waals surface area (Å²) in [6, 6.07) is 1.71. The number of nitrogens with zero attached hydrogens (tertiary/aromatic N) is 5. The molecule has 3 rings (SSSR count). The first-order chi connectivity index (χ1) is 11.3. The van der Waals surface area contributed by atoms with E-state index in [1.807, 2.05) is 11.9 Å². The summed E-state index contributed by atoms with van der Waals surface area (Å²) in [6.07, 6.45) is 9.46. The van der Waals surface area contributed by atoms with Crippen molar-refractivity contribution >= 4 is 11.7 Å². The van der Waals surface area contributed by atoms with E-state index in [0.717, 1.165) is 37.3 Å². The molecule has 120 valence electrons. The summed E-state index contributed by atoms with van der Waals surface area (Å²) in [6.45, 7) is 1.46. The van der Waals surface area contributed by atoms with Crippen LogP contribution in [0.25, 0.3) is 0 Å². The van der Waals surface area contributed by atoms with Crippen molar-refractivity contribution in [1.29, 1.82) is 0 Å². The van der Waals surface area contributed by atoms with Crippen LogP contribution >= 0.6 is 0 Å². The molecule has 1 amide bonds. The van der Waals surface area contributed by atoms with Gasteiger partial charge in [0.15, 0.2) is 0 Å². The highest BCUT2D eigenvalue weighted by atomic mass is 16.2. The van der Waals surface area contributed by atoms with Gasteiger partial charge in [0.25, 0.3) is 5.91 Å². The van der Waals surface area contributed by atoms with E-state index in [2.05, 4.69) is 25.3 Å². The SMILES string of the molecule is CNc1nccnc1C[C@@H]1CCCN(C(=O)c2ncccn2)C1. The Bertz CT molecular complexity index is 663. The number of hydrogen-bond donors (Lipinski definition) is 1. The molecule has 1 aliphatic heterocycles. The van der Waals surface area contributed by atoms with Gasteiger partial charge in [-0.3, -0.25) is 9.78 Å². The van der Waals surface area contributed by atoms with Crippen LogP contribution in [-0.4, -0.2) is 50.9 Å². The molecule has 0 unspecified atom stereocenters. The van der Waals surface area contributed by atoms with Crippen molar-refractivity contribution in [2.75, 3.05) is 25.5 Å². The predicted molar refractivity (Wildman–Crippen MR) is 85.9 cm³/mol. The van der Waals surface area contributed by atoms with Crippen molar-refractivity contribution < 1.29 is 4.79 Å². The van der Waals surface area contributed by atoms with Crippen molar-refractivity contribution in [3.05, 3.63) is 42.4 Å². The van der Waals surface area contributed by atoms with Gasteiger partial charge in [-0.15, -0.1) is 0 Å². The molecule has 0 bridgehead atoms. The van der Waals surface area contributed by atoms with Crippen LogP contribution in [0.2, 0.25) is 0 Å². The zero-order valence-corrected chi connectivity index (χ0v) is 13.1. The van der Waals surface area contributed by atoms with Gasteiger partial charge in [0.2, 0.25) is 5.82 Å². The number of aromatic nitrogens is 4.